The number of nitrogens with one attached hydrogen (secondary N) is 1. The molecule has 32 heavy (non-hydrogen) atoms. The van der Waals surface area contributed by atoms with E-state index in [0.29, 0.717) is 6.42 Å². The largest absolute Gasteiger partial charge is 0.481 e. The van der Waals surface area contributed by atoms with Gasteiger partial charge in [0, 0.05) is 18.8 Å². The summed E-state index contributed by atoms with van der Waals surface area (Å²) in [6.07, 6.45) is 2.68. The maximum Gasteiger partial charge on any atom is 0.261 e. The minimum Gasteiger partial charge on any atom is -0.481 e. The first kappa shape index (κ1) is 24.2. The predicted molar refractivity (Wildman–Crippen MR) is 133 cm³/mol. The number of nitrogens with zero attached hydrogens (tertiary/aromatic N) is 1. The van der Waals surface area contributed by atoms with Crippen molar-refractivity contribution in [1.29, 1.82) is 0 Å². The number of anilines is 1. The predicted octanol–water partition coefficient (Wildman–Crippen LogP) is 6.26. The van der Waals surface area contributed by atoms with Gasteiger partial charge in [-0.2, -0.15) is 0 Å². The summed E-state index contributed by atoms with van der Waals surface area (Å²) in [4.78, 5) is 15.4. The van der Waals surface area contributed by atoms with Crippen molar-refractivity contribution in [3.05, 3.63) is 59.7 Å². The van der Waals surface area contributed by atoms with Crippen molar-refractivity contribution < 1.29 is 9.53 Å². The Morgan fingerprint density at radius 3 is 2.34 bits per heavy atom. The quantitative estimate of drug-likeness (QED) is 0.557. The van der Waals surface area contributed by atoms with Gasteiger partial charge in [0.2, 0.25) is 0 Å². The van der Waals surface area contributed by atoms with Gasteiger partial charge in [0.1, 0.15) is 5.75 Å². The van der Waals surface area contributed by atoms with E-state index < -0.39 is 6.10 Å². The number of piperidine rings is 1. The lowest BCUT2D eigenvalue weighted by Gasteiger charge is -2.33. The molecule has 1 aliphatic heterocycles. The van der Waals surface area contributed by atoms with E-state index in [1.807, 2.05) is 26.0 Å². The zero-order chi connectivity index (χ0) is 23.3. The van der Waals surface area contributed by atoms with Crippen molar-refractivity contribution in [2.24, 2.45) is 5.92 Å². The molecular formula is C28H40N2O2. The van der Waals surface area contributed by atoms with Gasteiger partial charge in [-0.25, -0.2) is 0 Å². The third-order valence-electron chi connectivity index (χ3n) is 6.44. The van der Waals surface area contributed by atoms with Crippen LogP contribution in [0.2, 0.25) is 0 Å². The zero-order valence-corrected chi connectivity index (χ0v) is 20.7. The van der Waals surface area contributed by atoms with Gasteiger partial charge in [-0.05, 0) is 72.9 Å². The molecule has 0 spiro atoms. The molecule has 3 atom stereocenters. The average molecular weight is 437 g/mol. The van der Waals surface area contributed by atoms with Crippen molar-refractivity contribution in [3.8, 4) is 5.75 Å². The summed E-state index contributed by atoms with van der Waals surface area (Å²) in [6, 6.07) is 16.6. The number of carbonyl (C=O) groups is 1. The van der Waals surface area contributed by atoms with Crippen LogP contribution in [0.5, 0.6) is 5.75 Å². The highest BCUT2D eigenvalue weighted by molar-refractivity contribution is 5.81. The summed E-state index contributed by atoms with van der Waals surface area (Å²) in [5.41, 5.74) is 3.72. The van der Waals surface area contributed by atoms with Crippen molar-refractivity contribution >= 4 is 11.6 Å². The number of carbonyl (C=O) groups excluding carboxylic acids is 1. The maximum atomic E-state index is 12.9. The summed E-state index contributed by atoms with van der Waals surface area (Å²) < 4.78 is 6.02. The van der Waals surface area contributed by atoms with Gasteiger partial charge in [0.05, 0.1) is 6.04 Å². The second-order valence-corrected chi connectivity index (χ2v) is 10.3. The number of rotatable bonds is 7. The van der Waals surface area contributed by atoms with Crippen molar-refractivity contribution in [2.45, 2.75) is 78.4 Å². The van der Waals surface area contributed by atoms with Gasteiger partial charge >= 0.3 is 0 Å². The summed E-state index contributed by atoms with van der Waals surface area (Å²) in [5, 5.41) is 3.13. The molecule has 0 bridgehead atoms. The van der Waals surface area contributed by atoms with Crippen molar-refractivity contribution in [2.75, 3.05) is 18.0 Å². The fourth-order valence-electron chi connectivity index (χ4n) is 4.31. The van der Waals surface area contributed by atoms with E-state index in [-0.39, 0.29) is 17.4 Å². The van der Waals surface area contributed by atoms with Crippen LogP contribution in [0.4, 0.5) is 5.69 Å². The highest BCUT2D eigenvalue weighted by Crippen LogP contribution is 2.26. The van der Waals surface area contributed by atoms with Crippen LogP contribution in [-0.2, 0) is 10.2 Å². The third-order valence-corrected chi connectivity index (χ3v) is 6.44. The normalized spacial score (nSPS) is 18.7. The highest BCUT2D eigenvalue weighted by atomic mass is 16.5. The molecule has 3 rings (SSSR count). The maximum absolute atomic E-state index is 12.9. The van der Waals surface area contributed by atoms with E-state index in [4.69, 9.17) is 4.74 Å². The summed E-state index contributed by atoms with van der Waals surface area (Å²) in [5.74, 6) is 1.40. The summed E-state index contributed by atoms with van der Waals surface area (Å²) in [7, 11) is 0. The second kappa shape index (κ2) is 10.4. The first-order valence-corrected chi connectivity index (χ1v) is 12.1. The van der Waals surface area contributed by atoms with Gasteiger partial charge in [-0.15, -0.1) is 0 Å². The SMILES string of the molecule is CC[C@@H](Oc1ccc(C(C)(C)C)cc1)C(=O)N[C@@H](C)c1ccc(N2CCC[C@@H](C)C2)cc1. The molecule has 0 unspecified atom stereocenters. The minimum absolute atomic E-state index is 0.0715. The lowest BCUT2D eigenvalue weighted by atomic mass is 9.87. The summed E-state index contributed by atoms with van der Waals surface area (Å²) in [6.45, 7) is 15.1. The Kier molecular flexibility index (Phi) is 7.86. The van der Waals surface area contributed by atoms with Gasteiger partial charge < -0.3 is 15.0 Å². The molecule has 174 valence electrons. The van der Waals surface area contributed by atoms with E-state index >= 15 is 0 Å². The molecule has 0 radical (unpaired) electrons. The Balaban J connectivity index is 1.58. The molecule has 1 N–H and O–H groups in total. The minimum atomic E-state index is -0.507. The lowest BCUT2D eigenvalue weighted by molar-refractivity contribution is -0.128. The Morgan fingerprint density at radius 1 is 1.12 bits per heavy atom. The number of hydrogen-bond acceptors (Lipinski definition) is 3. The lowest BCUT2D eigenvalue weighted by Crippen LogP contribution is -2.39. The molecule has 0 aromatic heterocycles. The van der Waals surface area contributed by atoms with Gasteiger partial charge in [0.15, 0.2) is 6.10 Å². The molecule has 1 aliphatic rings. The highest BCUT2D eigenvalue weighted by Gasteiger charge is 2.22. The molecule has 2 aromatic carbocycles. The topological polar surface area (TPSA) is 41.6 Å². The molecular weight excluding hydrogens is 396 g/mol. The molecule has 4 nitrogen and oxygen atoms in total. The van der Waals surface area contributed by atoms with Crippen LogP contribution >= 0.6 is 0 Å². The van der Waals surface area contributed by atoms with E-state index in [1.54, 1.807) is 0 Å². The monoisotopic (exact) mass is 436 g/mol. The van der Waals surface area contributed by atoms with Gasteiger partial charge in [-0.1, -0.05) is 58.9 Å². The Morgan fingerprint density at radius 2 is 1.78 bits per heavy atom. The zero-order valence-electron chi connectivity index (χ0n) is 20.7. The van der Waals surface area contributed by atoms with Crippen LogP contribution in [0.3, 0.4) is 0 Å². The first-order valence-electron chi connectivity index (χ1n) is 12.1. The van der Waals surface area contributed by atoms with Crippen LogP contribution in [0, 0.1) is 5.92 Å². The summed E-state index contributed by atoms with van der Waals surface area (Å²) >= 11 is 0. The number of benzene rings is 2. The standard InChI is InChI=1S/C28H40N2O2/c1-7-26(32-25-16-12-23(13-17-25)28(4,5)6)27(31)29-21(3)22-10-14-24(15-11-22)30-18-8-9-20(2)19-30/h10-17,20-21,26H,7-9,18-19H2,1-6H3,(H,29,31)/t20-,21+,26-/m1/s1. The first-order chi connectivity index (χ1) is 15.2. The van der Waals surface area contributed by atoms with Crippen molar-refractivity contribution in [3.63, 3.8) is 0 Å². The van der Waals surface area contributed by atoms with Crippen molar-refractivity contribution in [1.82, 2.24) is 5.32 Å². The number of amides is 1. The fraction of sp³-hybridized carbons (Fsp3) is 0.536. The van der Waals surface area contributed by atoms with Gasteiger partial charge in [-0.3, -0.25) is 4.79 Å². The average Bonchev–Trinajstić information content (AvgIpc) is 2.77. The van der Waals surface area contributed by atoms with E-state index in [1.165, 1.54) is 24.1 Å². The molecule has 0 saturated carbocycles. The van der Waals surface area contributed by atoms with Crippen LogP contribution < -0.4 is 15.0 Å². The second-order valence-electron chi connectivity index (χ2n) is 10.3. The molecule has 2 aromatic rings. The molecule has 1 fully saturated rings. The van der Waals surface area contributed by atoms with E-state index in [9.17, 15) is 4.79 Å². The van der Waals surface area contributed by atoms with Crippen LogP contribution in [-0.4, -0.2) is 25.1 Å². The molecule has 1 amide bonds. The Labute approximate surface area is 194 Å². The molecule has 1 heterocycles. The van der Waals surface area contributed by atoms with Crippen LogP contribution in [0.15, 0.2) is 48.5 Å². The molecule has 4 heteroatoms. The molecule has 0 aliphatic carbocycles. The number of hydrogen-bond donors (Lipinski definition) is 1. The molecule has 1 saturated heterocycles. The van der Waals surface area contributed by atoms with Crippen LogP contribution in [0.25, 0.3) is 0 Å². The number of ether oxygens (including phenoxy) is 1. The van der Waals surface area contributed by atoms with E-state index in [0.717, 1.165) is 30.3 Å². The van der Waals surface area contributed by atoms with Gasteiger partial charge in [0.25, 0.3) is 5.91 Å². The Hall–Kier alpha value is -2.49. The third kappa shape index (κ3) is 6.27. The smallest absolute Gasteiger partial charge is 0.261 e. The van der Waals surface area contributed by atoms with Crippen LogP contribution in [0.1, 0.15) is 78.0 Å². The van der Waals surface area contributed by atoms with E-state index in [2.05, 4.69) is 74.3 Å². The Bertz CT molecular complexity index is 868. The fourth-order valence-corrected chi connectivity index (χ4v) is 4.31.